The van der Waals surface area contributed by atoms with E-state index in [9.17, 15) is 0 Å². The summed E-state index contributed by atoms with van der Waals surface area (Å²) in [5.41, 5.74) is 3.41. The van der Waals surface area contributed by atoms with Crippen molar-refractivity contribution in [3.63, 3.8) is 0 Å². The van der Waals surface area contributed by atoms with Gasteiger partial charge in [-0.1, -0.05) is 58.1 Å². The molecule has 0 spiro atoms. The van der Waals surface area contributed by atoms with Crippen LogP contribution >= 0.6 is 0 Å². The molecular formula is C18H27N. The smallest absolute Gasteiger partial charge is 0.0994 e. The van der Waals surface area contributed by atoms with Crippen LogP contribution in [0.3, 0.4) is 0 Å². The van der Waals surface area contributed by atoms with Crippen LogP contribution < -0.4 is 0 Å². The molecule has 1 atom stereocenters. The first-order valence-electron chi connectivity index (χ1n) is 7.74. The second-order valence-electron chi connectivity index (χ2n) is 5.44. The number of nitriles is 1. The third-order valence-electron chi connectivity index (χ3n) is 4.08. The summed E-state index contributed by atoms with van der Waals surface area (Å²) in [7, 11) is 0. The Balaban J connectivity index is 2.62. The van der Waals surface area contributed by atoms with Gasteiger partial charge in [0.1, 0.15) is 0 Å². The van der Waals surface area contributed by atoms with Crippen molar-refractivity contribution in [3.8, 4) is 6.07 Å². The highest BCUT2D eigenvalue weighted by Gasteiger charge is 2.13. The lowest BCUT2D eigenvalue weighted by Gasteiger charge is -2.18. The number of hydrogen-bond donors (Lipinski definition) is 0. The molecule has 0 amide bonds. The van der Waals surface area contributed by atoms with Gasteiger partial charge in [0.05, 0.1) is 11.6 Å². The summed E-state index contributed by atoms with van der Waals surface area (Å²) in [5.74, 6) is 0.620. The minimum Gasteiger partial charge on any atom is -0.192 e. The maximum atomic E-state index is 9.12. The first-order valence-corrected chi connectivity index (χ1v) is 7.74. The van der Waals surface area contributed by atoms with Gasteiger partial charge in [-0.3, -0.25) is 0 Å². The van der Waals surface area contributed by atoms with Crippen molar-refractivity contribution in [2.75, 3.05) is 0 Å². The van der Waals surface area contributed by atoms with E-state index in [0.29, 0.717) is 5.92 Å². The number of rotatable bonds is 8. The van der Waals surface area contributed by atoms with Crippen molar-refractivity contribution in [1.29, 1.82) is 5.26 Å². The molecular weight excluding hydrogens is 230 g/mol. The van der Waals surface area contributed by atoms with Gasteiger partial charge >= 0.3 is 0 Å². The molecule has 1 aromatic carbocycles. The van der Waals surface area contributed by atoms with Crippen molar-refractivity contribution in [2.24, 2.45) is 0 Å². The Morgan fingerprint density at radius 2 is 1.84 bits per heavy atom. The molecule has 0 bridgehead atoms. The first kappa shape index (κ1) is 15.8. The van der Waals surface area contributed by atoms with Gasteiger partial charge in [0.2, 0.25) is 0 Å². The Hall–Kier alpha value is -1.29. The predicted octanol–water partition coefficient (Wildman–Crippen LogP) is 5.72. The van der Waals surface area contributed by atoms with Crippen LogP contribution in [0.5, 0.6) is 0 Å². The van der Waals surface area contributed by atoms with Crippen LogP contribution in [0.2, 0.25) is 0 Å². The van der Waals surface area contributed by atoms with E-state index in [1.165, 1.54) is 56.1 Å². The molecule has 0 radical (unpaired) electrons. The van der Waals surface area contributed by atoms with E-state index in [2.05, 4.69) is 32.9 Å². The van der Waals surface area contributed by atoms with Crippen LogP contribution in [-0.2, 0) is 0 Å². The van der Waals surface area contributed by atoms with Crippen molar-refractivity contribution in [2.45, 2.75) is 71.6 Å². The molecule has 0 saturated heterocycles. The minimum atomic E-state index is 0.620. The van der Waals surface area contributed by atoms with Gasteiger partial charge in [-0.2, -0.15) is 5.26 Å². The van der Waals surface area contributed by atoms with E-state index in [1.54, 1.807) is 0 Å². The van der Waals surface area contributed by atoms with Crippen LogP contribution in [0.25, 0.3) is 0 Å². The maximum absolute atomic E-state index is 9.12. The second-order valence-corrected chi connectivity index (χ2v) is 5.44. The fourth-order valence-corrected chi connectivity index (χ4v) is 2.79. The zero-order chi connectivity index (χ0) is 14.1. The molecule has 0 heterocycles. The van der Waals surface area contributed by atoms with Gasteiger partial charge < -0.3 is 0 Å². The average Bonchev–Trinajstić information content (AvgIpc) is 2.44. The van der Waals surface area contributed by atoms with Crippen LogP contribution in [0, 0.1) is 18.3 Å². The topological polar surface area (TPSA) is 23.8 Å². The van der Waals surface area contributed by atoms with Crippen molar-refractivity contribution < 1.29 is 0 Å². The average molecular weight is 257 g/mol. The predicted molar refractivity (Wildman–Crippen MR) is 82.3 cm³/mol. The van der Waals surface area contributed by atoms with Crippen LogP contribution in [-0.4, -0.2) is 0 Å². The molecule has 0 aromatic heterocycles. The summed E-state index contributed by atoms with van der Waals surface area (Å²) in [6.45, 7) is 6.61. The molecule has 1 heteroatoms. The molecule has 0 aliphatic carbocycles. The molecule has 0 fully saturated rings. The maximum Gasteiger partial charge on any atom is 0.0994 e. The first-order chi connectivity index (χ1) is 9.24. The van der Waals surface area contributed by atoms with Crippen LogP contribution in [0.15, 0.2) is 18.2 Å². The molecule has 1 unspecified atom stereocenters. The molecule has 0 aliphatic rings. The van der Waals surface area contributed by atoms with E-state index < -0.39 is 0 Å². The third kappa shape index (κ3) is 4.71. The monoisotopic (exact) mass is 257 g/mol. The Morgan fingerprint density at radius 1 is 1.11 bits per heavy atom. The number of hydrogen-bond acceptors (Lipinski definition) is 1. The molecule has 1 aromatic rings. The highest BCUT2D eigenvalue weighted by Crippen LogP contribution is 2.29. The Bertz CT molecular complexity index is 414. The molecule has 0 saturated carbocycles. The summed E-state index contributed by atoms with van der Waals surface area (Å²) >= 11 is 0. The molecule has 0 aliphatic heterocycles. The van der Waals surface area contributed by atoms with Gasteiger partial charge in [0, 0.05) is 0 Å². The van der Waals surface area contributed by atoms with Gasteiger partial charge in [0.15, 0.2) is 0 Å². The normalized spacial score (nSPS) is 12.1. The van der Waals surface area contributed by atoms with E-state index in [1.807, 2.05) is 12.1 Å². The molecule has 104 valence electrons. The van der Waals surface area contributed by atoms with E-state index >= 15 is 0 Å². The van der Waals surface area contributed by atoms with Crippen LogP contribution in [0.1, 0.15) is 81.4 Å². The number of benzene rings is 1. The largest absolute Gasteiger partial charge is 0.192 e. The number of unbranched alkanes of at least 4 members (excludes halogenated alkanes) is 4. The molecule has 0 N–H and O–H groups in total. The standard InChI is InChI=1S/C18H27N/c1-4-6-7-8-9-11-16(5-2)18-13-10-12-17(14-19)15(18)3/h10,12-13,16H,4-9,11H2,1-3H3. The summed E-state index contributed by atoms with van der Waals surface area (Å²) < 4.78 is 0. The lowest BCUT2D eigenvalue weighted by molar-refractivity contribution is 0.533. The zero-order valence-corrected chi connectivity index (χ0v) is 12.7. The van der Waals surface area contributed by atoms with Gasteiger partial charge in [-0.15, -0.1) is 0 Å². The van der Waals surface area contributed by atoms with Gasteiger partial charge in [-0.25, -0.2) is 0 Å². The lowest BCUT2D eigenvalue weighted by atomic mass is 9.86. The van der Waals surface area contributed by atoms with Crippen molar-refractivity contribution in [3.05, 3.63) is 34.9 Å². The molecule has 1 rings (SSSR count). The zero-order valence-electron chi connectivity index (χ0n) is 12.7. The SMILES string of the molecule is CCCCCCCC(CC)c1cccc(C#N)c1C. The summed E-state index contributed by atoms with van der Waals surface area (Å²) in [6, 6.07) is 8.46. The van der Waals surface area contributed by atoms with E-state index in [0.717, 1.165) is 5.56 Å². The van der Waals surface area contributed by atoms with E-state index in [-0.39, 0.29) is 0 Å². The van der Waals surface area contributed by atoms with Crippen molar-refractivity contribution in [1.82, 2.24) is 0 Å². The minimum absolute atomic E-state index is 0.620. The quantitative estimate of drug-likeness (QED) is 0.546. The van der Waals surface area contributed by atoms with Gasteiger partial charge in [-0.05, 0) is 42.9 Å². The Kier molecular flexibility index (Phi) is 7.26. The Morgan fingerprint density at radius 3 is 2.47 bits per heavy atom. The van der Waals surface area contributed by atoms with Gasteiger partial charge in [0.25, 0.3) is 0 Å². The highest BCUT2D eigenvalue weighted by molar-refractivity contribution is 5.43. The molecule has 1 nitrogen and oxygen atoms in total. The summed E-state index contributed by atoms with van der Waals surface area (Å²) in [5, 5.41) is 9.12. The van der Waals surface area contributed by atoms with Crippen molar-refractivity contribution >= 4 is 0 Å². The second kappa shape index (κ2) is 8.75. The lowest BCUT2D eigenvalue weighted by Crippen LogP contribution is -2.02. The Labute approximate surface area is 118 Å². The fourth-order valence-electron chi connectivity index (χ4n) is 2.79. The fraction of sp³-hybridized carbons (Fsp3) is 0.611. The van der Waals surface area contributed by atoms with E-state index in [4.69, 9.17) is 5.26 Å². The van der Waals surface area contributed by atoms with Crippen LogP contribution in [0.4, 0.5) is 0 Å². The number of nitrogens with zero attached hydrogens (tertiary/aromatic N) is 1. The summed E-state index contributed by atoms with van der Waals surface area (Å²) in [6.07, 6.45) is 9.12. The molecule has 19 heavy (non-hydrogen) atoms. The third-order valence-corrected chi connectivity index (χ3v) is 4.08. The summed E-state index contributed by atoms with van der Waals surface area (Å²) in [4.78, 5) is 0. The highest BCUT2D eigenvalue weighted by atomic mass is 14.3.